The zero-order valence-corrected chi connectivity index (χ0v) is 9.28. The Kier molecular flexibility index (Phi) is 2.37. The van der Waals surface area contributed by atoms with Crippen molar-refractivity contribution >= 4 is 5.69 Å². The van der Waals surface area contributed by atoms with E-state index in [0.717, 1.165) is 17.7 Å². The van der Waals surface area contributed by atoms with Crippen molar-refractivity contribution in [2.75, 3.05) is 5.01 Å². The zero-order valence-electron chi connectivity index (χ0n) is 9.28. The van der Waals surface area contributed by atoms with E-state index in [9.17, 15) is 4.91 Å². The summed E-state index contributed by atoms with van der Waals surface area (Å²) >= 11 is 0. The van der Waals surface area contributed by atoms with Crippen molar-refractivity contribution in [3.05, 3.63) is 70.6 Å². The molecule has 3 rings (SSSR count). The van der Waals surface area contributed by atoms with Crippen LogP contribution < -0.4 is 5.01 Å². The van der Waals surface area contributed by atoms with Crippen LogP contribution in [0.5, 0.6) is 0 Å². The van der Waals surface area contributed by atoms with Gasteiger partial charge in [0, 0.05) is 6.42 Å². The second-order valence-corrected chi connectivity index (χ2v) is 4.19. The summed E-state index contributed by atoms with van der Waals surface area (Å²) in [5.74, 6) is 0. The smallest absolute Gasteiger partial charge is 0.0848 e. The molecule has 0 amide bonds. The average Bonchev–Trinajstić information content (AvgIpc) is 2.78. The van der Waals surface area contributed by atoms with Crippen LogP contribution in [-0.4, -0.2) is 0 Å². The highest BCUT2D eigenvalue weighted by Crippen LogP contribution is 2.40. The van der Waals surface area contributed by atoms with Crippen LogP contribution >= 0.6 is 0 Å². The van der Waals surface area contributed by atoms with E-state index >= 15 is 0 Å². The number of rotatable bonds is 2. The van der Waals surface area contributed by atoms with Gasteiger partial charge in [-0.15, -0.1) is 4.91 Å². The monoisotopic (exact) mass is 224 g/mol. The molecular formula is C14H12N2O. The van der Waals surface area contributed by atoms with E-state index in [2.05, 4.69) is 11.4 Å². The molecule has 0 fully saturated rings. The third-order valence-electron chi connectivity index (χ3n) is 3.22. The van der Waals surface area contributed by atoms with Crippen molar-refractivity contribution in [3.63, 3.8) is 0 Å². The summed E-state index contributed by atoms with van der Waals surface area (Å²) in [5.41, 5.74) is 3.24. The number of nitrogens with zero attached hydrogens (tertiary/aromatic N) is 2. The van der Waals surface area contributed by atoms with Crippen LogP contribution in [0.25, 0.3) is 0 Å². The second kappa shape index (κ2) is 4.01. The molecule has 0 aliphatic carbocycles. The predicted octanol–water partition coefficient (Wildman–Crippen LogP) is 3.47. The summed E-state index contributed by atoms with van der Waals surface area (Å²) in [7, 11) is 0. The molecule has 1 atom stereocenters. The van der Waals surface area contributed by atoms with Crippen molar-refractivity contribution in [3.8, 4) is 0 Å². The molecule has 3 nitrogen and oxygen atoms in total. The first-order chi connectivity index (χ1) is 8.40. The zero-order chi connectivity index (χ0) is 11.7. The Morgan fingerprint density at radius 1 is 1.00 bits per heavy atom. The van der Waals surface area contributed by atoms with Crippen LogP contribution in [0.3, 0.4) is 0 Å². The lowest BCUT2D eigenvalue weighted by atomic mass is 10.0. The minimum atomic E-state index is 0.0334. The average molecular weight is 224 g/mol. The van der Waals surface area contributed by atoms with Crippen LogP contribution in [0.2, 0.25) is 0 Å². The highest BCUT2D eigenvalue weighted by atomic mass is 16.3. The third-order valence-corrected chi connectivity index (χ3v) is 3.22. The number of hydrogen-bond donors (Lipinski definition) is 0. The van der Waals surface area contributed by atoms with Gasteiger partial charge >= 0.3 is 0 Å². The highest BCUT2D eigenvalue weighted by molar-refractivity contribution is 5.59. The Morgan fingerprint density at radius 3 is 2.47 bits per heavy atom. The molecule has 0 saturated heterocycles. The normalized spacial score (nSPS) is 17.9. The maximum absolute atomic E-state index is 11.0. The third kappa shape index (κ3) is 1.60. The Balaban J connectivity index is 2.03. The van der Waals surface area contributed by atoms with E-state index < -0.39 is 0 Å². The Bertz CT molecular complexity index is 539. The van der Waals surface area contributed by atoms with Gasteiger partial charge in [-0.05, 0) is 17.2 Å². The Labute approximate surface area is 99.6 Å². The molecule has 1 unspecified atom stereocenters. The predicted molar refractivity (Wildman–Crippen MR) is 67.6 cm³/mol. The maximum Gasteiger partial charge on any atom is 0.0848 e. The van der Waals surface area contributed by atoms with Gasteiger partial charge in [-0.2, -0.15) is 0 Å². The Morgan fingerprint density at radius 2 is 1.71 bits per heavy atom. The summed E-state index contributed by atoms with van der Waals surface area (Å²) in [6.45, 7) is 0. The van der Waals surface area contributed by atoms with Gasteiger partial charge in [-0.25, -0.2) is 5.01 Å². The first-order valence-electron chi connectivity index (χ1n) is 5.65. The largest absolute Gasteiger partial charge is 0.221 e. The molecule has 2 aromatic rings. The first-order valence-corrected chi connectivity index (χ1v) is 5.65. The maximum atomic E-state index is 11.0. The molecule has 2 aromatic carbocycles. The number of fused-ring (bicyclic) bond motifs is 1. The van der Waals surface area contributed by atoms with Crippen molar-refractivity contribution in [2.24, 2.45) is 5.29 Å². The van der Waals surface area contributed by atoms with Crippen LogP contribution in [0.4, 0.5) is 5.69 Å². The highest BCUT2D eigenvalue weighted by Gasteiger charge is 2.30. The van der Waals surface area contributed by atoms with E-state index in [-0.39, 0.29) is 6.04 Å². The van der Waals surface area contributed by atoms with E-state index in [1.165, 1.54) is 5.56 Å². The molecule has 0 N–H and O–H groups in total. The molecule has 1 aliphatic heterocycles. The molecule has 0 aromatic heterocycles. The van der Waals surface area contributed by atoms with Crippen molar-refractivity contribution in [1.29, 1.82) is 0 Å². The van der Waals surface area contributed by atoms with E-state index in [0.29, 0.717) is 0 Å². The van der Waals surface area contributed by atoms with Gasteiger partial charge < -0.3 is 0 Å². The van der Waals surface area contributed by atoms with Gasteiger partial charge in [0.2, 0.25) is 0 Å². The van der Waals surface area contributed by atoms with E-state index in [1.807, 2.05) is 48.5 Å². The van der Waals surface area contributed by atoms with Crippen LogP contribution in [0.15, 0.2) is 59.9 Å². The second-order valence-electron chi connectivity index (χ2n) is 4.19. The lowest BCUT2D eigenvalue weighted by molar-refractivity contribution is 0.679. The van der Waals surface area contributed by atoms with Crippen molar-refractivity contribution in [2.45, 2.75) is 12.5 Å². The van der Waals surface area contributed by atoms with Gasteiger partial charge in [0.05, 0.1) is 17.0 Å². The molecule has 0 spiro atoms. The van der Waals surface area contributed by atoms with Gasteiger partial charge in [0.15, 0.2) is 0 Å². The topological polar surface area (TPSA) is 32.7 Å². The number of anilines is 1. The number of nitroso groups, excluding NO2 is 1. The summed E-state index contributed by atoms with van der Waals surface area (Å²) in [4.78, 5) is 11.0. The van der Waals surface area contributed by atoms with Crippen molar-refractivity contribution < 1.29 is 0 Å². The molecular weight excluding hydrogens is 212 g/mol. The quantitative estimate of drug-likeness (QED) is 0.731. The SMILES string of the molecule is O=NN1c2ccccc2CC1c1ccccc1. The van der Waals surface area contributed by atoms with Crippen LogP contribution in [-0.2, 0) is 6.42 Å². The lowest BCUT2D eigenvalue weighted by Gasteiger charge is -2.18. The lowest BCUT2D eigenvalue weighted by Crippen LogP contribution is -2.17. The molecule has 0 saturated carbocycles. The summed E-state index contributed by atoms with van der Waals surface area (Å²) in [6.07, 6.45) is 0.839. The minimum Gasteiger partial charge on any atom is -0.221 e. The van der Waals surface area contributed by atoms with Crippen LogP contribution in [0.1, 0.15) is 17.2 Å². The fourth-order valence-electron chi connectivity index (χ4n) is 2.40. The molecule has 1 aliphatic rings. The fourth-order valence-corrected chi connectivity index (χ4v) is 2.40. The fraction of sp³-hybridized carbons (Fsp3) is 0.143. The molecule has 3 heteroatoms. The number of para-hydroxylation sites is 1. The Hall–Kier alpha value is -2.16. The van der Waals surface area contributed by atoms with Gasteiger partial charge in [-0.1, -0.05) is 48.5 Å². The van der Waals surface area contributed by atoms with Gasteiger partial charge in [-0.3, -0.25) is 0 Å². The van der Waals surface area contributed by atoms with Crippen LogP contribution in [0, 0.1) is 4.91 Å². The van der Waals surface area contributed by atoms with Gasteiger partial charge in [0.25, 0.3) is 0 Å². The van der Waals surface area contributed by atoms with Gasteiger partial charge in [0.1, 0.15) is 0 Å². The molecule has 84 valence electrons. The number of benzene rings is 2. The number of hydrogen-bond acceptors (Lipinski definition) is 2. The summed E-state index contributed by atoms with van der Waals surface area (Å²) in [6, 6.07) is 18.0. The molecule has 17 heavy (non-hydrogen) atoms. The van der Waals surface area contributed by atoms with E-state index in [1.54, 1.807) is 5.01 Å². The first kappa shape index (κ1) is 10.0. The molecule has 1 heterocycles. The summed E-state index contributed by atoms with van der Waals surface area (Å²) in [5, 5.41) is 4.74. The standard InChI is InChI=1S/C14H12N2O/c17-15-16-13-9-5-4-8-12(13)10-14(16)11-6-2-1-3-7-11/h1-9,14H,10H2. The van der Waals surface area contributed by atoms with Crippen molar-refractivity contribution in [1.82, 2.24) is 0 Å². The minimum absolute atomic E-state index is 0.0334. The summed E-state index contributed by atoms with van der Waals surface area (Å²) < 4.78 is 0. The molecule has 0 bridgehead atoms. The molecule has 0 radical (unpaired) electrons. The van der Waals surface area contributed by atoms with E-state index in [4.69, 9.17) is 0 Å².